The molecule has 2 aromatic heterocycles. The smallest absolute Gasteiger partial charge is 0.172 e. The molecule has 0 aliphatic carbocycles. The number of para-hydroxylation sites is 1. The van der Waals surface area contributed by atoms with Crippen LogP contribution in [0.3, 0.4) is 0 Å². The van der Waals surface area contributed by atoms with E-state index >= 15 is 0 Å². The molecule has 0 fully saturated rings. The standard InChI is InChI=1S/C15H15N3O2S2/c1-22(19,20)10-8-16-14-11-5-2-3-6-12(11)17-15(18-14)13-7-4-9-21-13/h2-7,9H,8,10H2,1H3,(H,16,17,18). The van der Waals surface area contributed by atoms with E-state index in [1.54, 1.807) is 11.3 Å². The molecule has 0 saturated heterocycles. The summed E-state index contributed by atoms with van der Waals surface area (Å²) in [5.74, 6) is 1.38. The second-order valence-corrected chi connectivity index (χ2v) is 8.15. The Morgan fingerprint density at radius 3 is 2.68 bits per heavy atom. The highest BCUT2D eigenvalue weighted by molar-refractivity contribution is 7.90. The van der Waals surface area contributed by atoms with Crippen LogP contribution >= 0.6 is 11.3 Å². The van der Waals surface area contributed by atoms with Gasteiger partial charge in [-0.2, -0.15) is 0 Å². The van der Waals surface area contributed by atoms with E-state index < -0.39 is 9.84 Å². The largest absolute Gasteiger partial charge is 0.368 e. The summed E-state index contributed by atoms with van der Waals surface area (Å²) in [6, 6.07) is 11.6. The van der Waals surface area contributed by atoms with Crippen molar-refractivity contribution in [3.63, 3.8) is 0 Å². The van der Waals surface area contributed by atoms with Crippen LogP contribution in [0.4, 0.5) is 5.82 Å². The Morgan fingerprint density at radius 2 is 1.95 bits per heavy atom. The minimum atomic E-state index is -3.00. The lowest BCUT2D eigenvalue weighted by Gasteiger charge is -2.10. The van der Waals surface area contributed by atoms with Gasteiger partial charge in [0.1, 0.15) is 15.7 Å². The molecule has 7 heteroatoms. The van der Waals surface area contributed by atoms with Gasteiger partial charge in [0.15, 0.2) is 5.82 Å². The number of thiophene rings is 1. The molecule has 1 N–H and O–H groups in total. The Kier molecular flexibility index (Phi) is 4.08. The van der Waals surface area contributed by atoms with Crippen molar-refractivity contribution in [2.24, 2.45) is 0 Å². The minimum absolute atomic E-state index is 0.0691. The normalized spacial score (nSPS) is 11.7. The fraction of sp³-hybridized carbons (Fsp3) is 0.200. The van der Waals surface area contributed by atoms with Crippen molar-refractivity contribution in [3.8, 4) is 10.7 Å². The maximum absolute atomic E-state index is 11.3. The van der Waals surface area contributed by atoms with E-state index in [-0.39, 0.29) is 5.75 Å². The zero-order valence-corrected chi connectivity index (χ0v) is 13.6. The first-order chi connectivity index (χ1) is 10.5. The lowest BCUT2D eigenvalue weighted by Crippen LogP contribution is -2.15. The van der Waals surface area contributed by atoms with Crippen LogP contribution in [-0.2, 0) is 9.84 Å². The second-order valence-electron chi connectivity index (χ2n) is 4.95. The van der Waals surface area contributed by atoms with Crippen molar-refractivity contribution >= 4 is 37.9 Å². The van der Waals surface area contributed by atoms with E-state index in [2.05, 4.69) is 15.3 Å². The summed E-state index contributed by atoms with van der Waals surface area (Å²) in [5, 5.41) is 5.98. The van der Waals surface area contributed by atoms with E-state index in [0.717, 1.165) is 15.8 Å². The van der Waals surface area contributed by atoms with E-state index in [1.807, 2.05) is 41.8 Å². The number of aromatic nitrogens is 2. The van der Waals surface area contributed by atoms with Crippen LogP contribution in [0.25, 0.3) is 21.6 Å². The average molecular weight is 333 g/mol. The molecule has 0 atom stereocenters. The fourth-order valence-electron chi connectivity index (χ4n) is 2.08. The monoisotopic (exact) mass is 333 g/mol. The molecule has 114 valence electrons. The summed E-state index contributed by atoms with van der Waals surface area (Å²) < 4.78 is 22.5. The predicted octanol–water partition coefficient (Wildman–Crippen LogP) is 2.81. The molecule has 0 aliphatic heterocycles. The molecule has 22 heavy (non-hydrogen) atoms. The van der Waals surface area contributed by atoms with Gasteiger partial charge in [0.25, 0.3) is 0 Å². The first kappa shape index (κ1) is 14.9. The molecule has 2 heterocycles. The summed E-state index contributed by atoms with van der Waals surface area (Å²) in [4.78, 5) is 10.1. The third kappa shape index (κ3) is 3.42. The molecule has 0 spiro atoms. The Labute approximate surface area is 133 Å². The van der Waals surface area contributed by atoms with Gasteiger partial charge in [-0.25, -0.2) is 18.4 Å². The van der Waals surface area contributed by atoms with Crippen molar-refractivity contribution in [1.82, 2.24) is 9.97 Å². The van der Waals surface area contributed by atoms with E-state index in [1.165, 1.54) is 6.26 Å². The molecule has 0 unspecified atom stereocenters. The van der Waals surface area contributed by atoms with Crippen LogP contribution in [0.1, 0.15) is 0 Å². The minimum Gasteiger partial charge on any atom is -0.368 e. The summed E-state index contributed by atoms with van der Waals surface area (Å²) in [6.45, 7) is 0.323. The van der Waals surface area contributed by atoms with Crippen LogP contribution in [0, 0.1) is 0 Å². The van der Waals surface area contributed by atoms with E-state index in [0.29, 0.717) is 18.2 Å². The second kappa shape index (κ2) is 6.02. The third-order valence-electron chi connectivity index (χ3n) is 3.11. The number of hydrogen-bond donors (Lipinski definition) is 1. The first-order valence-corrected chi connectivity index (χ1v) is 9.69. The zero-order valence-electron chi connectivity index (χ0n) is 12.0. The maximum Gasteiger partial charge on any atom is 0.172 e. The van der Waals surface area contributed by atoms with Gasteiger partial charge in [-0.05, 0) is 23.6 Å². The summed E-state index contributed by atoms with van der Waals surface area (Å²) >= 11 is 1.57. The average Bonchev–Trinajstić information content (AvgIpc) is 3.00. The number of hydrogen-bond acceptors (Lipinski definition) is 6. The number of fused-ring (bicyclic) bond motifs is 1. The highest BCUT2D eigenvalue weighted by atomic mass is 32.2. The van der Waals surface area contributed by atoms with E-state index in [9.17, 15) is 8.42 Å². The van der Waals surface area contributed by atoms with Gasteiger partial charge >= 0.3 is 0 Å². The number of sulfone groups is 1. The lowest BCUT2D eigenvalue weighted by molar-refractivity contribution is 0.602. The van der Waals surface area contributed by atoms with Gasteiger partial charge in [-0.1, -0.05) is 18.2 Å². The van der Waals surface area contributed by atoms with Crippen LogP contribution < -0.4 is 5.32 Å². The summed E-state index contributed by atoms with van der Waals surface area (Å²) in [5.41, 5.74) is 0.836. The van der Waals surface area contributed by atoms with Crippen molar-refractivity contribution in [2.75, 3.05) is 23.9 Å². The number of anilines is 1. The molecule has 1 aromatic carbocycles. The highest BCUT2D eigenvalue weighted by Gasteiger charge is 2.10. The Bertz CT molecular complexity index is 890. The highest BCUT2D eigenvalue weighted by Crippen LogP contribution is 2.27. The predicted molar refractivity (Wildman–Crippen MR) is 91.1 cm³/mol. The Morgan fingerprint density at radius 1 is 1.14 bits per heavy atom. The topological polar surface area (TPSA) is 72.0 Å². The van der Waals surface area contributed by atoms with Gasteiger partial charge in [0, 0.05) is 18.2 Å². The molecule has 0 radical (unpaired) electrons. The van der Waals surface area contributed by atoms with Crippen molar-refractivity contribution in [2.45, 2.75) is 0 Å². The van der Waals surface area contributed by atoms with Crippen LogP contribution in [0.5, 0.6) is 0 Å². The quantitative estimate of drug-likeness (QED) is 0.777. The number of rotatable bonds is 5. The Hall–Kier alpha value is -1.99. The molecule has 0 amide bonds. The van der Waals surface area contributed by atoms with Crippen molar-refractivity contribution < 1.29 is 8.42 Å². The molecular weight excluding hydrogens is 318 g/mol. The SMILES string of the molecule is CS(=O)(=O)CCNc1nc(-c2cccs2)nc2ccccc12. The van der Waals surface area contributed by atoms with E-state index in [4.69, 9.17) is 0 Å². The lowest BCUT2D eigenvalue weighted by atomic mass is 10.2. The Balaban J connectivity index is 1.99. The number of nitrogens with zero attached hydrogens (tertiary/aromatic N) is 2. The molecule has 5 nitrogen and oxygen atoms in total. The van der Waals surface area contributed by atoms with Crippen molar-refractivity contribution in [3.05, 3.63) is 41.8 Å². The molecule has 0 bridgehead atoms. The fourth-order valence-corrected chi connectivity index (χ4v) is 3.21. The van der Waals surface area contributed by atoms with Crippen LogP contribution in [0.2, 0.25) is 0 Å². The van der Waals surface area contributed by atoms with Crippen LogP contribution in [0.15, 0.2) is 41.8 Å². The molecule has 0 saturated carbocycles. The molecular formula is C15H15N3O2S2. The first-order valence-electron chi connectivity index (χ1n) is 6.75. The van der Waals surface area contributed by atoms with Gasteiger partial charge in [-0.15, -0.1) is 11.3 Å². The number of benzene rings is 1. The zero-order chi connectivity index (χ0) is 15.6. The van der Waals surface area contributed by atoms with Gasteiger partial charge < -0.3 is 5.32 Å². The summed E-state index contributed by atoms with van der Waals surface area (Å²) in [7, 11) is -3.00. The van der Waals surface area contributed by atoms with Gasteiger partial charge in [0.2, 0.25) is 0 Å². The molecule has 3 rings (SSSR count). The molecule has 3 aromatic rings. The van der Waals surface area contributed by atoms with Gasteiger partial charge in [-0.3, -0.25) is 0 Å². The number of nitrogens with one attached hydrogen (secondary N) is 1. The maximum atomic E-state index is 11.3. The van der Waals surface area contributed by atoms with Crippen LogP contribution in [-0.4, -0.2) is 36.9 Å². The molecule has 0 aliphatic rings. The third-order valence-corrected chi connectivity index (χ3v) is 4.92. The van der Waals surface area contributed by atoms with Crippen molar-refractivity contribution in [1.29, 1.82) is 0 Å². The van der Waals surface area contributed by atoms with Gasteiger partial charge in [0.05, 0.1) is 16.1 Å². The summed E-state index contributed by atoms with van der Waals surface area (Å²) in [6.07, 6.45) is 1.23.